The number of ether oxygens (including phenoxy) is 1. The number of aromatic hydroxyl groups is 1. The van der Waals surface area contributed by atoms with Gasteiger partial charge in [-0.05, 0) is 80.2 Å². The van der Waals surface area contributed by atoms with Crippen molar-refractivity contribution in [3.8, 4) is 11.4 Å². The third-order valence-corrected chi connectivity index (χ3v) is 7.18. The van der Waals surface area contributed by atoms with Crippen LogP contribution in [-0.4, -0.2) is 32.8 Å². The minimum absolute atomic E-state index is 0.0602. The second kappa shape index (κ2) is 9.88. The van der Waals surface area contributed by atoms with Crippen LogP contribution in [0.5, 0.6) is 5.75 Å². The third-order valence-electron chi connectivity index (χ3n) is 6.63. The molecule has 0 spiro atoms. The number of anilines is 1. The number of phenols is 1. The molecule has 0 aliphatic carbocycles. The van der Waals surface area contributed by atoms with Crippen LogP contribution < -0.4 is 10.2 Å². The lowest BCUT2D eigenvalue weighted by molar-refractivity contribution is 0.0600. The van der Waals surface area contributed by atoms with Crippen molar-refractivity contribution < 1.29 is 14.6 Å². The number of nitrogens with one attached hydrogen (secondary N) is 1. The van der Waals surface area contributed by atoms with Crippen molar-refractivity contribution in [1.29, 1.82) is 0 Å². The van der Waals surface area contributed by atoms with Gasteiger partial charge < -0.3 is 24.6 Å². The van der Waals surface area contributed by atoms with Gasteiger partial charge in [0.15, 0.2) is 5.11 Å². The number of carbonyl (C=O) groups is 1. The molecule has 4 aromatic rings. The maximum absolute atomic E-state index is 12.6. The van der Waals surface area contributed by atoms with E-state index >= 15 is 0 Å². The van der Waals surface area contributed by atoms with Crippen molar-refractivity contribution in [1.82, 2.24) is 14.9 Å². The number of hydrogen-bond donors (Lipinski definition) is 2. The Morgan fingerprint density at radius 2 is 1.84 bits per heavy atom. The number of benzene rings is 2. The van der Waals surface area contributed by atoms with Crippen LogP contribution in [0.25, 0.3) is 5.69 Å². The van der Waals surface area contributed by atoms with Crippen LogP contribution in [0.1, 0.15) is 45.1 Å². The van der Waals surface area contributed by atoms with Crippen molar-refractivity contribution >= 4 is 40.6 Å². The summed E-state index contributed by atoms with van der Waals surface area (Å²) >= 11 is 12.1. The molecule has 0 saturated carbocycles. The van der Waals surface area contributed by atoms with Crippen molar-refractivity contribution in [2.75, 3.05) is 12.0 Å². The SMILES string of the molecule is COC(=O)c1ccccc1-n1c(C)cc([C@@H]2[C@H](c3ccccn3)NC(=S)N2c2cc(Cl)ccc2O)c1C. The van der Waals surface area contributed by atoms with Gasteiger partial charge in [-0.3, -0.25) is 4.98 Å². The van der Waals surface area contributed by atoms with Crippen molar-refractivity contribution in [3.63, 3.8) is 0 Å². The number of thiocarbonyl (C=S) groups is 1. The number of methoxy groups -OCH3 is 1. The molecule has 0 bridgehead atoms. The van der Waals surface area contributed by atoms with E-state index in [1.807, 2.05) is 59.7 Å². The first-order valence-corrected chi connectivity index (χ1v) is 12.5. The van der Waals surface area contributed by atoms with Crippen LogP contribution in [0.15, 0.2) is 72.9 Å². The van der Waals surface area contributed by atoms with Gasteiger partial charge in [0, 0.05) is 22.6 Å². The van der Waals surface area contributed by atoms with E-state index in [9.17, 15) is 9.90 Å². The summed E-state index contributed by atoms with van der Waals surface area (Å²) in [6, 6.07) is 19.4. The van der Waals surface area contributed by atoms with Crippen molar-refractivity contribution in [3.05, 3.63) is 106 Å². The van der Waals surface area contributed by atoms with Gasteiger partial charge in [-0.15, -0.1) is 0 Å². The fraction of sp³-hybridized carbons (Fsp3) is 0.179. The Kier molecular flexibility index (Phi) is 6.62. The average molecular weight is 533 g/mol. The molecule has 1 saturated heterocycles. The number of carbonyl (C=O) groups excluding carboxylic acids is 1. The summed E-state index contributed by atoms with van der Waals surface area (Å²) in [6.07, 6.45) is 1.74. The topological polar surface area (TPSA) is 79.6 Å². The van der Waals surface area contributed by atoms with Crippen LogP contribution >= 0.6 is 23.8 Å². The summed E-state index contributed by atoms with van der Waals surface area (Å²) in [7, 11) is 1.37. The van der Waals surface area contributed by atoms with Gasteiger partial charge in [-0.2, -0.15) is 0 Å². The molecule has 188 valence electrons. The molecule has 0 amide bonds. The lowest BCUT2D eigenvalue weighted by Gasteiger charge is -2.29. The van der Waals surface area contributed by atoms with Crippen LogP contribution in [0.2, 0.25) is 5.02 Å². The number of hydrogen-bond acceptors (Lipinski definition) is 5. The standard InChI is InChI=1S/C28H25ClN4O3S/c1-16-14-20(17(2)32(16)22-10-5-4-8-19(22)27(35)36-3)26-25(21-9-6-7-13-30-21)31-28(37)33(26)23-15-18(29)11-12-24(23)34/h4-15,25-26,34H,1-3H3,(H,31,37)/t25-,26+/m0/s1. The smallest absolute Gasteiger partial charge is 0.339 e. The first-order valence-electron chi connectivity index (χ1n) is 11.7. The minimum Gasteiger partial charge on any atom is -0.506 e. The highest BCUT2D eigenvalue weighted by Crippen LogP contribution is 2.46. The molecular weight excluding hydrogens is 508 g/mol. The largest absolute Gasteiger partial charge is 0.506 e. The maximum Gasteiger partial charge on any atom is 0.339 e. The van der Waals surface area contributed by atoms with E-state index in [0.717, 1.165) is 28.3 Å². The fourth-order valence-corrected chi connectivity index (χ4v) is 5.53. The van der Waals surface area contributed by atoms with E-state index in [1.54, 1.807) is 30.5 Å². The summed E-state index contributed by atoms with van der Waals surface area (Å²) < 4.78 is 7.07. The van der Waals surface area contributed by atoms with Gasteiger partial charge in [0.25, 0.3) is 0 Å². The Labute approximate surface area is 225 Å². The lowest BCUT2D eigenvalue weighted by Crippen LogP contribution is -2.29. The van der Waals surface area contributed by atoms with Crippen LogP contribution in [0, 0.1) is 13.8 Å². The molecule has 5 rings (SSSR count). The molecule has 1 aliphatic rings. The molecule has 3 heterocycles. The van der Waals surface area contributed by atoms with E-state index < -0.39 is 5.97 Å². The molecule has 0 unspecified atom stereocenters. The highest BCUT2D eigenvalue weighted by molar-refractivity contribution is 7.80. The van der Waals surface area contributed by atoms with Gasteiger partial charge >= 0.3 is 5.97 Å². The number of aryl methyl sites for hydroxylation is 1. The Morgan fingerprint density at radius 1 is 1.08 bits per heavy atom. The Morgan fingerprint density at radius 3 is 2.57 bits per heavy atom. The lowest BCUT2D eigenvalue weighted by atomic mass is 9.96. The van der Waals surface area contributed by atoms with E-state index in [0.29, 0.717) is 21.4 Å². The predicted octanol–water partition coefficient (Wildman–Crippen LogP) is 5.81. The number of rotatable bonds is 5. The quantitative estimate of drug-likeness (QED) is 0.248. The van der Waals surface area contributed by atoms with Gasteiger partial charge in [0.05, 0.1) is 41.8 Å². The zero-order valence-corrected chi connectivity index (χ0v) is 22.0. The summed E-state index contributed by atoms with van der Waals surface area (Å²) in [5, 5.41) is 15.1. The molecule has 2 atom stereocenters. The fourth-order valence-electron chi connectivity index (χ4n) is 5.03. The summed E-state index contributed by atoms with van der Waals surface area (Å²) in [4.78, 5) is 19.0. The number of phenolic OH excluding ortho intramolecular Hbond substituents is 1. The Bertz CT molecular complexity index is 1500. The summed E-state index contributed by atoms with van der Waals surface area (Å²) in [5.74, 6) is -0.352. The first-order chi connectivity index (χ1) is 17.8. The maximum atomic E-state index is 12.6. The molecule has 2 aromatic carbocycles. The van der Waals surface area contributed by atoms with E-state index in [-0.39, 0.29) is 17.8 Å². The summed E-state index contributed by atoms with van der Waals surface area (Å²) in [6.45, 7) is 3.99. The Balaban J connectivity index is 1.72. The van der Waals surface area contributed by atoms with Crippen LogP contribution in [0.4, 0.5) is 5.69 Å². The average Bonchev–Trinajstić information content (AvgIpc) is 3.40. The normalized spacial score (nSPS) is 17.1. The molecule has 9 heteroatoms. The molecular formula is C28H25ClN4O3S. The van der Waals surface area contributed by atoms with Gasteiger partial charge in [0.2, 0.25) is 0 Å². The van der Waals surface area contributed by atoms with Crippen molar-refractivity contribution in [2.45, 2.75) is 25.9 Å². The second-order valence-corrected chi connectivity index (χ2v) is 9.62. The van der Waals surface area contributed by atoms with Gasteiger partial charge in [-0.1, -0.05) is 29.8 Å². The number of nitrogens with zero attached hydrogens (tertiary/aromatic N) is 3. The minimum atomic E-state index is -0.412. The Hall–Kier alpha value is -3.88. The predicted molar refractivity (Wildman–Crippen MR) is 148 cm³/mol. The highest BCUT2D eigenvalue weighted by atomic mass is 35.5. The second-order valence-electron chi connectivity index (χ2n) is 8.80. The molecule has 7 nitrogen and oxygen atoms in total. The van der Waals surface area contributed by atoms with Gasteiger partial charge in [0.1, 0.15) is 5.75 Å². The van der Waals surface area contributed by atoms with E-state index in [2.05, 4.69) is 16.4 Å². The highest BCUT2D eigenvalue weighted by Gasteiger charge is 2.43. The molecule has 1 aliphatic heterocycles. The third kappa shape index (κ3) is 4.32. The van der Waals surface area contributed by atoms with Crippen molar-refractivity contribution in [2.24, 2.45) is 0 Å². The number of esters is 1. The molecule has 1 fully saturated rings. The van der Waals surface area contributed by atoms with Gasteiger partial charge in [-0.25, -0.2) is 4.79 Å². The molecule has 2 aromatic heterocycles. The van der Waals surface area contributed by atoms with E-state index in [4.69, 9.17) is 28.6 Å². The van der Waals surface area contributed by atoms with Crippen LogP contribution in [0.3, 0.4) is 0 Å². The number of aromatic nitrogens is 2. The first kappa shape index (κ1) is 24.8. The monoisotopic (exact) mass is 532 g/mol. The molecule has 0 radical (unpaired) electrons. The van der Waals surface area contributed by atoms with Crippen LogP contribution in [-0.2, 0) is 4.74 Å². The number of pyridine rings is 1. The number of para-hydroxylation sites is 1. The van der Waals surface area contributed by atoms with E-state index in [1.165, 1.54) is 7.11 Å². The molecule has 2 N–H and O–H groups in total. The summed E-state index contributed by atoms with van der Waals surface area (Å²) in [5.41, 5.74) is 5.28. The zero-order valence-electron chi connectivity index (χ0n) is 20.5. The zero-order chi connectivity index (χ0) is 26.3. The molecule has 37 heavy (non-hydrogen) atoms. The number of halogens is 1.